The SMILES string of the molecule is CCNC(=NCCC(F)(F)F)NCCOc1ccc(Cl)cn1. The number of rotatable bonds is 7. The quantitative estimate of drug-likeness (QED) is 0.456. The van der Waals surface area contributed by atoms with Crippen molar-refractivity contribution >= 4 is 17.6 Å². The summed E-state index contributed by atoms with van der Waals surface area (Å²) in [6, 6.07) is 3.28. The zero-order chi connectivity index (χ0) is 16.4. The van der Waals surface area contributed by atoms with Crippen molar-refractivity contribution in [2.24, 2.45) is 4.99 Å². The second kappa shape index (κ2) is 9.34. The molecule has 1 aromatic rings. The van der Waals surface area contributed by atoms with Crippen molar-refractivity contribution in [1.29, 1.82) is 0 Å². The number of hydrogen-bond donors (Lipinski definition) is 2. The van der Waals surface area contributed by atoms with E-state index in [1.54, 1.807) is 12.1 Å². The number of aromatic nitrogens is 1. The molecule has 9 heteroatoms. The Morgan fingerprint density at radius 1 is 1.36 bits per heavy atom. The van der Waals surface area contributed by atoms with Gasteiger partial charge in [-0.2, -0.15) is 13.2 Å². The summed E-state index contributed by atoms with van der Waals surface area (Å²) in [6.07, 6.45) is -3.69. The normalized spacial score (nSPS) is 12.1. The number of pyridine rings is 1. The topological polar surface area (TPSA) is 58.5 Å². The zero-order valence-electron chi connectivity index (χ0n) is 12.1. The van der Waals surface area contributed by atoms with Gasteiger partial charge in [0.2, 0.25) is 5.88 Å². The summed E-state index contributed by atoms with van der Waals surface area (Å²) in [5.41, 5.74) is 0. The van der Waals surface area contributed by atoms with Crippen LogP contribution < -0.4 is 15.4 Å². The van der Waals surface area contributed by atoms with E-state index in [-0.39, 0.29) is 13.2 Å². The molecule has 124 valence electrons. The summed E-state index contributed by atoms with van der Waals surface area (Å²) in [4.78, 5) is 7.80. The van der Waals surface area contributed by atoms with Crippen LogP contribution >= 0.6 is 11.6 Å². The van der Waals surface area contributed by atoms with Crippen LogP contribution in [0.3, 0.4) is 0 Å². The molecule has 0 saturated carbocycles. The second-order valence-corrected chi connectivity index (χ2v) is 4.65. The highest BCUT2D eigenvalue weighted by molar-refractivity contribution is 6.30. The van der Waals surface area contributed by atoms with E-state index in [9.17, 15) is 13.2 Å². The number of guanidine groups is 1. The molecule has 0 fully saturated rings. The molecule has 0 aliphatic rings. The smallest absolute Gasteiger partial charge is 0.390 e. The van der Waals surface area contributed by atoms with E-state index >= 15 is 0 Å². The second-order valence-electron chi connectivity index (χ2n) is 4.22. The summed E-state index contributed by atoms with van der Waals surface area (Å²) in [7, 11) is 0. The van der Waals surface area contributed by atoms with Gasteiger partial charge in [0.05, 0.1) is 24.5 Å². The highest BCUT2D eigenvalue weighted by atomic mass is 35.5. The van der Waals surface area contributed by atoms with Crippen molar-refractivity contribution in [2.75, 3.05) is 26.2 Å². The Bertz CT molecular complexity index is 465. The first-order valence-corrected chi connectivity index (χ1v) is 7.12. The first kappa shape index (κ1) is 18.3. The third-order valence-corrected chi connectivity index (χ3v) is 2.58. The van der Waals surface area contributed by atoms with E-state index in [4.69, 9.17) is 16.3 Å². The molecule has 0 spiro atoms. The van der Waals surface area contributed by atoms with Gasteiger partial charge in [-0.1, -0.05) is 11.6 Å². The highest BCUT2D eigenvalue weighted by Gasteiger charge is 2.26. The van der Waals surface area contributed by atoms with Gasteiger partial charge in [0.25, 0.3) is 0 Å². The molecule has 2 N–H and O–H groups in total. The Labute approximate surface area is 131 Å². The largest absolute Gasteiger partial charge is 0.476 e. The van der Waals surface area contributed by atoms with Crippen LogP contribution in [0.1, 0.15) is 13.3 Å². The van der Waals surface area contributed by atoms with Gasteiger partial charge in [0.1, 0.15) is 6.61 Å². The lowest BCUT2D eigenvalue weighted by Crippen LogP contribution is -2.39. The zero-order valence-corrected chi connectivity index (χ0v) is 12.8. The predicted octanol–water partition coefficient (Wildman–Crippen LogP) is 2.62. The minimum absolute atomic E-state index is 0.290. The minimum atomic E-state index is -4.20. The Kier molecular flexibility index (Phi) is 7.79. The van der Waals surface area contributed by atoms with Crippen LogP contribution in [0.2, 0.25) is 5.02 Å². The maximum absolute atomic E-state index is 12.1. The molecule has 0 aromatic carbocycles. The molecule has 0 amide bonds. The summed E-state index contributed by atoms with van der Waals surface area (Å²) in [5.74, 6) is 0.740. The van der Waals surface area contributed by atoms with Gasteiger partial charge >= 0.3 is 6.18 Å². The molecule has 22 heavy (non-hydrogen) atoms. The van der Waals surface area contributed by atoms with Gasteiger partial charge in [0, 0.05) is 18.8 Å². The maximum atomic E-state index is 12.1. The van der Waals surface area contributed by atoms with Crippen molar-refractivity contribution in [3.05, 3.63) is 23.4 Å². The molecule has 0 radical (unpaired) electrons. The van der Waals surface area contributed by atoms with Crippen molar-refractivity contribution in [2.45, 2.75) is 19.5 Å². The van der Waals surface area contributed by atoms with Gasteiger partial charge in [-0.05, 0) is 13.0 Å². The molecule has 5 nitrogen and oxygen atoms in total. The van der Waals surface area contributed by atoms with Crippen molar-refractivity contribution < 1.29 is 17.9 Å². The van der Waals surface area contributed by atoms with Gasteiger partial charge < -0.3 is 15.4 Å². The first-order chi connectivity index (χ1) is 10.4. The number of ether oxygens (including phenoxy) is 1. The molecule has 0 saturated heterocycles. The Morgan fingerprint density at radius 3 is 2.73 bits per heavy atom. The van der Waals surface area contributed by atoms with E-state index in [2.05, 4.69) is 20.6 Å². The fourth-order valence-corrected chi connectivity index (χ4v) is 1.52. The highest BCUT2D eigenvalue weighted by Crippen LogP contribution is 2.18. The number of nitrogens with one attached hydrogen (secondary N) is 2. The lowest BCUT2D eigenvalue weighted by Gasteiger charge is -2.12. The van der Waals surface area contributed by atoms with Crippen molar-refractivity contribution in [1.82, 2.24) is 15.6 Å². The summed E-state index contributed by atoms with van der Waals surface area (Å²) in [5, 5.41) is 6.25. The van der Waals surface area contributed by atoms with E-state index in [1.807, 2.05) is 6.92 Å². The van der Waals surface area contributed by atoms with Crippen LogP contribution in [-0.2, 0) is 0 Å². The molecule has 1 heterocycles. The Hall–Kier alpha value is -1.70. The maximum Gasteiger partial charge on any atom is 0.390 e. The number of alkyl halides is 3. The van der Waals surface area contributed by atoms with Gasteiger partial charge in [-0.3, -0.25) is 4.99 Å². The van der Waals surface area contributed by atoms with E-state index < -0.39 is 12.6 Å². The van der Waals surface area contributed by atoms with Crippen LogP contribution in [-0.4, -0.2) is 43.4 Å². The fraction of sp³-hybridized carbons (Fsp3) is 0.538. The molecule has 0 atom stereocenters. The Balaban J connectivity index is 2.31. The van der Waals surface area contributed by atoms with E-state index in [1.165, 1.54) is 6.20 Å². The molecule has 0 aliphatic heterocycles. The fourth-order valence-electron chi connectivity index (χ4n) is 1.41. The first-order valence-electron chi connectivity index (χ1n) is 6.74. The molecule has 1 aromatic heterocycles. The van der Waals surface area contributed by atoms with Crippen molar-refractivity contribution in [3.63, 3.8) is 0 Å². The average molecular weight is 339 g/mol. The van der Waals surface area contributed by atoms with E-state index in [0.29, 0.717) is 30.0 Å². The average Bonchev–Trinajstić information content (AvgIpc) is 2.44. The van der Waals surface area contributed by atoms with Crippen molar-refractivity contribution in [3.8, 4) is 5.88 Å². The van der Waals surface area contributed by atoms with E-state index in [0.717, 1.165) is 0 Å². The van der Waals surface area contributed by atoms with Gasteiger partial charge in [-0.15, -0.1) is 0 Å². The number of halogens is 4. The molecule has 0 unspecified atom stereocenters. The standard InChI is InChI=1S/C13H18ClF3N4O/c1-2-18-12(19-6-5-13(15,16)17)20-7-8-22-11-4-3-10(14)9-21-11/h3-4,9H,2,5-8H2,1H3,(H2,18,19,20). The summed E-state index contributed by atoms with van der Waals surface area (Å²) < 4.78 is 41.6. The van der Waals surface area contributed by atoms with Crippen LogP contribution in [0, 0.1) is 0 Å². The summed E-state index contributed by atoms with van der Waals surface area (Å²) >= 11 is 5.70. The molecule has 1 rings (SSSR count). The van der Waals surface area contributed by atoms with Crippen LogP contribution in [0.4, 0.5) is 13.2 Å². The molecular formula is C13H18ClF3N4O. The monoisotopic (exact) mass is 338 g/mol. The van der Waals surface area contributed by atoms with Gasteiger partial charge in [0.15, 0.2) is 5.96 Å². The molecular weight excluding hydrogens is 321 g/mol. The lowest BCUT2D eigenvalue weighted by molar-refractivity contribution is -0.132. The Morgan fingerprint density at radius 2 is 2.14 bits per heavy atom. The van der Waals surface area contributed by atoms with Crippen LogP contribution in [0.25, 0.3) is 0 Å². The lowest BCUT2D eigenvalue weighted by atomic mass is 10.4. The summed E-state index contributed by atoms with van der Waals surface area (Å²) in [6.45, 7) is 2.73. The number of hydrogen-bond acceptors (Lipinski definition) is 3. The molecule has 0 aliphatic carbocycles. The van der Waals surface area contributed by atoms with Crippen LogP contribution in [0.5, 0.6) is 5.88 Å². The molecule has 0 bridgehead atoms. The van der Waals surface area contributed by atoms with Gasteiger partial charge in [-0.25, -0.2) is 4.98 Å². The number of aliphatic imine (C=N–C) groups is 1. The third-order valence-electron chi connectivity index (χ3n) is 2.35. The van der Waals surface area contributed by atoms with Crippen LogP contribution in [0.15, 0.2) is 23.3 Å². The third kappa shape index (κ3) is 8.56. The number of nitrogens with zero attached hydrogens (tertiary/aromatic N) is 2. The predicted molar refractivity (Wildman–Crippen MR) is 79.4 cm³/mol. The minimum Gasteiger partial charge on any atom is -0.476 e.